The first kappa shape index (κ1) is 25.2. The zero-order chi connectivity index (χ0) is 27.3. The van der Waals surface area contributed by atoms with Crippen molar-refractivity contribution in [3.05, 3.63) is 65.9 Å². The van der Waals surface area contributed by atoms with Crippen LogP contribution in [0.25, 0.3) is 16.9 Å². The molecule has 0 bridgehead atoms. The summed E-state index contributed by atoms with van der Waals surface area (Å²) in [5.41, 5.74) is 5.27. The Hall–Kier alpha value is -4.12. The molecular weight excluding hydrogens is 504 g/mol. The van der Waals surface area contributed by atoms with Crippen LogP contribution in [0.2, 0.25) is 0 Å². The van der Waals surface area contributed by atoms with Crippen molar-refractivity contribution < 1.29 is 18.3 Å². The first-order chi connectivity index (χ1) is 18.7. The van der Waals surface area contributed by atoms with Crippen molar-refractivity contribution in [1.82, 2.24) is 29.6 Å². The van der Waals surface area contributed by atoms with Gasteiger partial charge in [0.15, 0.2) is 5.65 Å². The van der Waals surface area contributed by atoms with Crippen molar-refractivity contribution in [2.75, 3.05) is 19.4 Å². The van der Waals surface area contributed by atoms with Gasteiger partial charge in [-0.2, -0.15) is 0 Å². The number of hydrogen-bond acceptors (Lipinski definition) is 7. The molecule has 1 atom stereocenters. The summed E-state index contributed by atoms with van der Waals surface area (Å²) >= 11 is 0. The number of halogens is 2. The molecule has 3 aromatic heterocycles. The molecule has 1 aromatic carbocycles. The molecule has 1 amide bonds. The van der Waals surface area contributed by atoms with Gasteiger partial charge < -0.3 is 20.3 Å². The van der Waals surface area contributed by atoms with E-state index in [-0.39, 0.29) is 30.8 Å². The SMILES string of the molecule is CC(Oc1ccc(Nc2ccc(-c3cnc4cnccn34)c3c2C(=O)NC3)nc1CN(C)C)C1CC(F)(F)C1. The maximum Gasteiger partial charge on any atom is 0.254 e. The lowest BCUT2D eigenvalue weighted by Crippen LogP contribution is -2.43. The Morgan fingerprint density at radius 3 is 2.82 bits per heavy atom. The topological polar surface area (TPSA) is 96.7 Å². The lowest BCUT2D eigenvalue weighted by Gasteiger charge is -2.38. The van der Waals surface area contributed by atoms with Crippen LogP contribution in [0, 0.1) is 5.92 Å². The van der Waals surface area contributed by atoms with Crippen molar-refractivity contribution in [3.63, 3.8) is 0 Å². The summed E-state index contributed by atoms with van der Waals surface area (Å²) in [5.74, 6) is -1.82. The summed E-state index contributed by atoms with van der Waals surface area (Å²) in [6.07, 6.45) is 6.36. The summed E-state index contributed by atoms with van der Waals surface area (Å²) in [4.78, 5) is 28.2. The van der Waals surface area contributed by atoms with Gasteiger partial charge in [0.2, 0.25) is 5.92 Å². The van der Waals surface area contributed by atoms with Gasteiger partial charge in [-0.25, -0.2) is 18.7 Å². The molecule has 4 heterocycles. The second kappa shape index (κ2) is 9.57. The number of anilines is 2. The summed E-state index contributed by atoms with van der Waals surface area (Å²) in [7, 11) is 3.85. The average molecular weight is 534 g/mol. The van der Waals surface area contributed by atoms with Gasteiger partial charge in [-0.15, -0.1) is 0 Å². The van der Waals surface area contributed by atoms with E-state index in [4.69, 9.17) is 9.72 Å². The number of hydrogen-bond donors (Lipinski definition) is 2. The summed E-state index contributed by atoms with van der Waals surface area (Å²) < 4.78 is 34.8. The highest BCUT2D eigenvalue weighted by Gasteiger charge is 2.48. The number of nitrogens with one attached hydrogen (secondary N) is 2. The molecule has 0 radical (unpaired) electrons. The number of amides is 1. The number of benzene rings is 1. The molecule has 0 spiro atoms. The van der Waals surface area contributed by atoms with Crippen molar-refractivity contribution in [2.24, 2.45) is 5.92 Å². The van der Waals surface area contributed by atoms with Gasteiger partial charge in [-0.1, -0.05) is 6.07 Å². The van der Waals surface area contributed by atoms with Crippen LogP contribution < -0.4 is 15.4 Å². The molecule has 11 heteroatoms. The van der Waals surface area contributed by atoms with Crippen molar-refractivity contribution in [1.29, 1.82) is 0 Å². The largest absolute Gasteiger partial charge is 0.488 e. The normalized spacial score (nSPS) is 17.1. The number of nitrogens with zero attached hydrogens (tertiary/aromatic N) is 5. The maximum absolute atomic E-state index is 13.4. The highest BCUT2D eigenvalue weighted by molar-refractivity contribution is 6.06. The van der Waals surface area contributed by atoms with Gasteiger partial charge in [0.05, 0.1) is 41.1 Å². The number of alkyl halides is 2. The van der Waals surface area contributed by atoms with E-state index in [0.717, 1.165) is 22.5 Å². The lowest BCUT2D eigenvalue weighted by atomic mass is 9.78. The summed E-state index contributed by atoms with van der Waals surface area (Å²) in [6.45, 7) is 2.73. The third kappa shape index (κ3) is 4.78. The third-order valence-corrected chi connectivity index (χ3v) is 7.32. The van der Waals surface area contributed by atoms with Crippen LogP contribution in [-0.4, -0.2) is 56.3 Å². The van der Waals surface area contributed by atoms with Crippen LogP contribution in [0.1, 0.15) is 41.4 Å². The molecule has 6 rings (SSSR count). The number of carbonyl (C=O) groups is 1. The van der Waals surface area contributed by atoms with Gasteiger partial charge in [-0.3, -0.25) is 14.2 Å². The van der Waals surface area contributed by atoms with E-state index in [1.807, 2.05) is 54.7 Å². The van der Waals surface area contributed by atoms with Crippen LogP contribution in [-0.2, 0) is 13.1 Å². The highest BCUT2D eigenvalue weighted by Crippen LogP contribution is 2.45. The van der Waals surface area contributed by atoms with E-state index >= 15 is 0 Å². The van der Waals surface area contributed by atoms with E-state index in [0.29, 0.717) is 41.6 Å². The fraction of sp³-hybridized carbons (Fsp3) is 0.357. The predicted molar refractivity (Wildman–Crippen MR) is 142 cm³/mol. The quantitative estimate of drug-likeness (QED) is 0.340. The smallest absolute Gasteiger partial charge is 0.254 e. The Bertz CT molecular complexity index is 1560. The third-order valence-electron chi connectivity index (χ3n) is 7.32. The van der Waals surface area contributed by atoms with Crippen LogP contribution in [0.3, 0.4) is 0 Å². The molecule has 1 aliphatic carbocycles. The van der Waals surface area contributed by atoms with Crippen LogP contribution in [0.15, 0.2) is 49.1 Å². The average Bonchev–Trinajstić information content (AvgIpc) is 3.48. The molecule has 9 nitrogen and oxygen atoms in total. The molecule has 0 saturated heterocycles. The van der Waals surface area contributed by atoms with E-state index < -0.39 is 5.92 Å². The summed E-state index contributed by atoms with van der Waals surface area (Å²) in [5, 5.41) is 6.25. The molecule has 1 fully saturated rings. The maximum atomic E-state index is 13.4. The number of aromatic nitrogens is 4. The standard InChI is InChI=1S/C28H29F2N7O2/c1-16(17-10-28(29,30)11-17)39-23-6-7-24(35-21(23)15-36(2)3)34-20-5-4-18(19-12-33-27(38)26(19)20)22-13-32-25-14-31-8-9-37(22)25/h4-9,13-14,16-17H,10-12,15H2,1-3H3,(H,33,38)(H,34,35). The minimum absolute atomic E-state index is 0.153. The van der Waals surface area contributed by atoms with Gasteiger partial charge in [0.25, 0.3) is 5.91 Å². The van der Waals surface area contributed by atoms with E-state index in [1.54, 1.807) is 24.7 Å². The summed E-state index contributed by atoms with van der Waals surface area (Å²) in [6, 6.07) is 7.43. The van der Waals surface area contributed by atoms with Crippen LogP contribution in [0.5, 0.6) is 5.75 Å². The van der Waals surface area contributed by atoms with Crippen molar-refractivity contribution >= 4 is 23.1 Å². The molecule has 1 saturated carbocycles. The molecule has 202 valence electrons. The molecule has 1 aliphatic heterocycles. The second-order valence-electron chi connectivity index (χ2n) is 10.5. The number of pyridine rings is 1. The minimum atomic E-state index is -2.59. The fourth-order valence-corrected chi connectivity index (χ4v) is 5.29. The number of ether oxygens (including phenoxy) is 1. The minimum Gasteiger partial charge on any atom is -0.488 e. The van der Waals surface area contributed by atoms with Gasteiger partial charge >= 0.3 is 0 Å². The monoisotopic (exact) mass is 533 g/mol. The Balaban J connectivity index is 1.30. The lowest BCUT2D eigenvalue weighted by molar-refractivity contribution is -0.133. The molecule has 39 heavy (non-hydrogen) atoms. The number of fused-ring (bicyclic) bond motifs is 2. The van der Waals surface area contributed by atoms with Gasteiger partial charge in [0.1, 0.15) is 11.6 Å². The number of carbonyl (C=O) groups excluding carboxylic acids is 1. The Kier molecular flexibility index (Phi) is 6.17. The molecule has 2 aliphatic rings. The fourth-order valence-electron chi connectivity index (χ4n) is 5.29. The molecule has 2 N–H and O–H groups in total. The first-order valence-electron chi connectivity index (χ1n) is 12.9. The van der Waals surface area contributed by atoms with Crippen molar-refractivity contribution in [2.45, 2.75) is 44.9 Å². The zero-order valence-corrected chi connectivity index (χ0v) is 21.9. The van der Waals surface area contributed by atoms with Crippen LogP contribution in [0.4, 0.5) is 20.3 Å². The zero-order valence-electron chi connectivity index (χ0n) is 21.9. The van der Waals surface area contributed by atoms with Crippen molar-refractivity contribution in [3.8, 4) is 17.0 Å². The Labute approximate surface area is 224 Å². The number of imidazole rings is 1. The predicted octanol–water partition coefficient (Wildman–Crippen LogP) is 4.65. The van der Waals surface area contributed by atoms with Gasteiger partial charge in [0, 0.05) is 49.8 Å². The van der Waals surface area contributed by atoms with Crippen LogP contribution >= 0.6 is 0 Å². The first-order valence-corrected chi connectivity index (χ1v) is 12.9. The Morgan fingerprint density at radius 1 is 1.23 bits per heavy atom. The van der Waals surface area contributed by atoms with E-state index in [1.165, 1.54) is 0 Å². The molecule has 1 unspecified atom stereocenters. The van der Waals surface area contributed by atoms with E-state index in [9.17, 15) is 13.6 Å². The van der Waals surface area contributed by atoms with Gasteiger partial charge in [-0.05, 0) is 44.8 Å². The highest BCUT2D eigenvalue weighted by atomic mass is 19.3. The second-order valence-corrected chi connectivity index (χ2v) is 10.5. The Morgan fingerprint density at radius 2 is 2.05 bits per heavy atom. The number of rotatable bonds is 8. The molecular formula is C28H29F2N7O2. The molecule has 4 aromatic rings. The van der Waals surface area contributed by atoms with E-state index in [2.05, 4.69) is 20.6 Å².